The van der Waals surface area contributed by atoms with Gasteiger partial charge in [-0.2, -0.15) is 21.0 Å². The van der Waals surface area contributed by atoms with E-state index in [9.17, 15) is 58.8 Å². The van der Waals surface area contributed by atoms with E-state index >= 15 is 0 Å². The number of aliphatic carboxylic acids is 4. The summed E-state index contributed by atoms with van der Waals surface area (Å²) in [7, 11) is 0. The second-order valence-corrected chi connectivity index (χ2v) is 6.01. The van der Waals surface area contributed by atoms with Crippen molar-refractivity contribution in [1.29, 1.82) is 0 Å². The van der Waals surface area contributed by atoms with E-state index in [0.29, 0.717) is 0 Å². The predicted octanol–water partition coefficient (Wildman–Crippen LogP) is -10.7. The summed E-state index contributed by atoms with van der Waals surface area (Å²) in [6.45, 7) is 0. The van der Waals surface area contributed by atoms with Crippen molar-refractivity contribution in [3.63, 3.8) is 0 Å². The van der Waals surface area contributed by atoms with Crippen LogP contribution in [0.1, 0.15) is 25.7 Å². The van der Waals surface area contributed by atoms with E-state index in [0.717, 1.165) is 0 Å². The molecular formula is C16H20Mg2O24. The quantitative estimate of drug-likeness (QED) is 0.0422. The predicted molar refractivity (Wildman–Crippen MR) is 109 cm³/mol. The van der Waals surface area contributed by atoms with Crippen LogP contribution in [0.4, 0.5) is 0 Å². The zero-order valence-electron chi connectivity index (χ0n) is 20.7. The van der Waals surface area contributed by atoms with Gasteiger partial charge in [-0.15, -0.1) is 0 Å². The minimum Gasteiger partial charge on any atom is -0.550 e. The SMILES string of the molecule is O=C([O-])CC(O)C(=O)OO.O=C([O-])CC(O)C(=O)OO.O=C([O-])CC(O)C(=O)OO.O=C([O-])CC(O)C(=O)OO.[Mg+2].[Mg+2]. The third-order valence-corrected chi connectivity index (χ3v) is 2.89. The van der Waals surface area contributed by atoms with Gasteiger partial charge in [-0.1, -0.05) is 0 Å². The molecule has 42 heavy (non-hydrogen) atoms. The van der Waals surface area contributed by atoms with Gasteiger partial charge in [0.05, 0.1) is 0 Å². The van der Waals surface area contributed by atoms with Crippen LogP contribution in [-0.4, -0.2) is 160 Å². The molecule has 0 aromatic rings. The molecule has 24 nitrogen and oxygen atoms in total. The first-order valence-corrected chi connectivity index (χ1v) is 9.23. The van der Waals surface area contributed by atoms with Crippen molar-refractivity contribution in [1.82, 2.24) is 0 Å². The van der Waals surface area contributed by atoms with Crippen LogP contribution in [0.3, 0.4) is 0 Å². The van der Waals surface area contributed by atoms with Crippen LogP contribution < -0.4 is 20.4 Å². The Morgan fingerprint density at radius 1 is 0.405 bits per heavy atom. The Morgan fingerprint density at radius 2 is 0.524 bits per heavy atom. The third kappa shape index (κ3) is 35.0. The fraction of sp³-hybridized carbons (Fsp3) is 0.500. The average Bonchev–Trinajstić information content (AvgIpc) is 2.85. The summed E-state index contributed by atoms with van der Waals surface area (Å²) in [5.74, 6) is -12.0. The van der Waals surface area contributed by atoms with Crippen molar-refractivity contribution in [2.75, 3.05) is 0 Å². The van der Waals surface area contributed by atoms with E-state index in [-0.39, 0.29) is 46.1 Å². The first-order chi connectivity index (χ1) is 18.3. The minimum absolute atomic E-state index is 0. The van der Waals surface area contributed by atoms with Crippen molar-refractivity contribution in [2.24, 2.45) is 0 Å². The fourth-order valence-electron chi connectivity index (χ4n) is 1.21. The minimum atomic E-state index is -1.87. The molecule has 0 amide bonds. The maximum absolute atomic E-state index is 10.0. The van der Waals surface area contributed by atoms with Crippen LogP contribution in [0, 0.1) is 0 Å². The number of aliphatic hydroxyl groups excluding tert-OH is 4. The molecule has 4 atom stereocenters. The van der Waals surface area contributed by atoms with Crippen molar-refractivity contribution < 1.29 is 120 Å². The number of aliphatic hydroxyl groups is 4. The third-order valence-electron chi connectivity index (χ3n) is 2.89. The number of carbonyl (C=O) groups is 8. The smallest absolute Gasteiger partial charge is 0.550 e. The average molecular weight is 645 g/mol. The molecule has 0 aromatic heterocycles. The molecule has 4 unspecified atom stereocenters. The number of carboxylic acid groups (broad SMARTS) is 4. The van der Waals surface area contributed by atoms with E-state index < -0.39 is 97.9 Å². The summed E-state index contributed by atoms with van der Waals surface area (Å²) in [6.07, 6.45) is -11.0. The van der Waals surface area contributed by atoms with Crippen LogP contribution in [0.2, 0.25) is 0 Å². The summed E-state index contributed by atoms with van der Waals surface area (Å²) in [5, 5.41) is 103. The van der Waals surface area contributed by atoms with Crippen LogP contribution in [0.15, 0.2) is 0 Å². The van der Waals surface area contributed by atoms with E-state index in [1.165, 1.54) is 0 Å². The molecule has 0 aromatic carbocycles. The topological polar surface area (TPSA) is 428 Å². The summed E-state index contributed by atoms with van der Waals surface area (Å²) >= 11 is 0. The molecule has 0 radical (unpaired) electrons. The second kappa shape index (κ2) is 30.9. The van der Waals surface area contributed by atoms with E-state index in [4.69, 9.17) is 41.5 Å². The van der Waals surface area contributed by atoms with E-state index in [2.05, 4.69) is 19.6 Å². The molecule has 26 heteroatoms. The maximum atomic E-state index is 10.0. The Labute approximate surface area is 263 Å². The molecule has 0 bridgehead atoms. The number of hydrogen-bond acceptors (Lipinski definition) is 24. The van der Waals surface area contributed by atoms with Crippen molar-refractivity contribution >= 4 is 93.9 Å². The van der Waals surface area contributed by atoms with Gasteiger partial charge in [0, 0.05) is 49.6 Å². The summed E-state index contributed by atoms with van der Waals surface area (Å²) < 4.78 is 0. The first-order valence-electron chi connectivity index (χ1n) is 9.23. The molecule has 0 aliphatic carbocycles. The van der Waals surface area contributed by atoms with Crippen LogP contribution in [-0.2, 0) is 57.9 Å². The number of carbonyl (C=O) groups excluding carboxylic acids is 8. The summed E-state index contributed by atoms with van der Waals surface area (Å²) in [5.41, 5.74) is 0. The van der Waals surface area contributed by atoms with Crippen molar-refractivity contribution in [3.05, 3.63) is 0 Å². The molecule has 0 aliphatic rings. The molecule has 0 heterocycles. The normalized spacial score (nSPS) is 11.6. The van der Waals surface area contributed by atoms with Crippen LogP contribution >= 0.6 is 0 Å². The monoisotopic (exact) mass is 644 g/mol. The molecule has 0 rings (SSSR count). The fourth-order valence-corrected chi connectivity index (χ4v) is 1.21. The molecule has 0 fully saturated rings. The van der Waals surface area contributed by atoms with Crippen LogP contribution in [0.25, 0.3) is 0 Å². The number of hydrogen-bond donors (Lipinski definition) is 8. The van der Waals surface area contributed by atoms with Gasteiger partial charge in [0.2, 0.25) is 0 Å². The Kier molecular flexibility index (Phi) is 38.1. The molecule has 0 saturated heterocycles. The second-order valence-electron chi connectivity index (χ2n) is 6.01. The van der Waals surface area contributed by atoms with Gasteiger partial charge in [-0.25, -0.2) is 19.2 Å². The van der Waals surface area contributed by atoms with Gasteiger partial charge in [-0.05, 0) is 0 Å². The van der Waals surface area contributed by atoms with Gasteiger partial charge in [0.15, 0.2) is 24.4 Å². The van der Waals surface area contributed by atoms with Gasteiger partial charge < -0.3 is 60.0 Å². The van der Waals surface area contributed by atoms with Crippen molar-refractivity contribution in [3.8, 4) is 0 Å². The zero-order chi connectivity index (χ0) is 32.6. The Bertz CT molecular complexity index is 710. The largest absolute Gasteiger partial charge is 2.00 e. The molecule has 0 saturated carbocycles. The van der Waals surface area contributed by atoms with E-state index in [1.807, 2.05) is 0 Å². The van der Waals surface area contributed by atoms with Crippen LogP contribution in [0.5, 0.6) is 0 Å². The Morgan fingerprint density at radius 3 is 0.595 bits per heavy atom. The first kappa shape index (κ1) is 51.7. The Balaban J connectivity index is -0.000000101. The van der Waals surface area contributed by atoms with Crippen molar-refractivity contribution in [2.45, 2.75) is 50.1 Å². The van der Waals surface area contributed by atoms with Gasteiger partial charge in [-0.3, -0.25) is 19.6 Å². The molecule has 0 spiro atoms. The summed E-state index contributed by atoms with van der Waals surface area (Å²) in [4.78, 5) is 90.9. The van der Waals surface area contributed by atoms with E-state index in [1.54, 1.807) is 0 Å². The summed E-state index contributed by atoms with van der Waals surface area (Å²) in [6, 6.07) is 0. The van der Waals surface area contributed by atoms with Gasteiger partial charge >= 0.3 is 70.0 Å². The molecule has 8 N–H and O–H groups in total. The molecule has 0 aliphatic heterocycles. The Hall–Kier alpha value is -3.03. The zero-order valence-corrected chi connectivity index (χ0v) is 23.5. The van der Waals surface area contributed by atoms with Gasteiger partial charge in [0.1, 0.15) is 0 Å². The number of rotatable bonds is 12. The standard InChI is InChI=1S/4C4H6O6.2Mg/c4*5-2(1-3(6)7)4(8)10-9;;/h4*2,5,9H,1H2,(H,6,7);;/q;;;;2*+2/p-4. The molecule has 232 valence electrons. The van der Waals surface area contributed by atoms with Gasteiger partial charge in [0.25, 0.3) is 0 Å². The molecular weight excluding hydrogens is 625 g/mol. The maximum Gasteiger partial charge on any atom is 2.00 e. The number of carboxylic acids is 4.